The largest absolute Gasteiger partial charge is 0.455 e. The van der Waals surface area contributed by atoms with E-state index in [-0.39, 0.29) is 5.89 Å². The van der Waals surface area contributed by atoms with Crippen molar-refractivity contribution in [1.29, 1.82) is 0 Å². The van der Waals surface area contributed by atoms with Crippen molar-refractivity contribution in [3.63, 3.8) is 0 Å². The molecule has 0 aliphatic rings. The third-order valence-electron chi connectivity index (χ3n) is 7.05. The number of nitrogens with zero attached hydrogens (tertiary/aromatic N) is 2. The average Bonchev–Trinajstić information content (AvgIpc) is 3.56. The zero-order chi connectivity index (χ0) is 29.7. The van der Waals surface area contributed by atoms with E-state index in [2.05, 4.69) is 16.9 Å². The lowest BCUT2D eigenvalue weighted by Crippen LogP contribution is -2.05. The molecule has 7 nitrogen and oxygen atoms in total. The van der Waals surface area contributed by atoms with Crippen molar-refractivity contribution in [3.8, 4) is 33.9 Å². The van der Waals surface area contributed by atoms with E-state index in [1.807, 2.05) is 25.1 Å². The second kappa shape index (κ2) is 10.7. The summed E-state index contributed by atoms with van der Waals surface area (Å²) < 4.78 is 66.7. The van der Waals surface area contributed by atoms with Gasteiger partial charge in [0.2, 0.25) is 5.89 Å². The molecule has 0 aliphatic carbocycles. The predicted molar refractivity (Wildman–Crippen MR) is 167 cm³/mol. The molecule has 0 radical (unpaired) electrons. The maximum atomic E-state index is 15.2. The first kappa shape index (κ1) is 27.6. The molecule has 42 heavy (non-hydrogen) atoms. The summed E-state index contributed by atoms with van der Waals surface area (Å²) in [7, 11) is 3.15. The van der Waals surface area contributed by atoms with Crippen LogP contribution in [-0.2, 0) is 6.14 Å². The van der Waals surface area contributed by atoms with Crippen LogP contribution in [0.2, 0.25) is 0 Å². The Kier molecular flexibility index (Phi) is 7.01. The molecular formula is C32H24F2IN3O4. The Balaban J connectivity index is 1.61. The lowest BCUT2D eigenvalue weighted by Gasteiger charge is -2.16. The number of hydrogen-bond acceptors (Lipinski definition) is 6. The number of benzene rings is 4. The molecule has 6 rings (SSSR count). The number of hydrogen-bond donors (Lipinski definition) is 1. The molecule has 0 saturated carbocycles. The quantitative estimate of drug-likeness (QED) is 0.133. The summed E-state index contributed by atoms with van der Waals surface area (Å²) >= 11 is -4.02. The summed E-state index contributed by atoms with van der Waals surface area (Å²) in [5.74, 6) is -0.280. The third kappa shape index (κ3) is 4.91. The van der Waals surface area contributed by atoms with Crippen molar-refractivity contribution in [3.05, 3.63) is 102 Å². The van der Waals surface area contributed by atoms with Crippen molar-refractivity contribution in [2.75, 3.05) is 17.2 Å². The molecule has 1 N–H and O–H groups in total. The highest BCUT2D eigenvalue weighted by Crippen LogP contribution is 2.44. The fourth-order valence-corrected chi connectivity index (χ4v) is 5.77. The van der Waals surface area contributed by atoms with Crippen LogP contribution in [0.15, 0.2) is 88.2 Å². The van der Waals surface area contributed by atoms with Gasteiger partial charge in [-0.05, 0) is 78.7 Å². The molecule has 2 heterocycles. The van der Waals surface area contributed by atoms with E-state index < -0.39 is 31.7 Å². The van der Waals surface area contributed by atoms with Gasteiger partial charge in [0.15, 0.2) is 5.58 Å². The van der Waals surface area contributed by atoms with Crippen LogP contribution in [0.1, 0.15) is 11.1 Å². The van der Waals surface area contributed by atoms with Gasteiger partial charge in [-0.3, -0.25) is 3.11 Å². The topological polar surface area (TPSA) is 88.6 Å². The maximum absolute atomic E-state index is 15.2. The third-order valence-corrected chi connectivity index (χ3v) is 8.76. The molecule has 0 bridgehead atoms. The fraction of sp³-hybridized carbons (Fsp3) is 0.0938. The lowest BCUT2D eigenvalue weighted by molar-refractivity contribution is 0.609. The zero-order valence-electron chi connectivity index (χ0n) is 22.8. The summed E-state index contributed by atoms with van der Waals surface area (Å²) in [4.78, 5) is 4.53. The van der Waals surface area contributed by atoms with Gasteiger partial charge in [0.1, 0.15) is 28.5 Å². The van der Waals surface area contributed by atoms with E-state index >= 15 is 4.39 Å². The number of furan rings is 1. The smallest absolute Gasteiger partial charge is 0.420 e. The monoisotopic (exact) mass is 679 g/mol. The summed E-state index contributed by atoms with van der Waals surface area (Å²) in [6, 6.07) is 19.2. The molecule has 0 saturated heterocycles. The molecule has 0 fully saturated rings. The molecule has 10 heteroatoms. The van der Waals surface area contributed by atoms with Crippen molar-refractivity contribution < 1.29 is 23.8 Å². The summed E-state index contributed by atoms with van der Waals surface area (Å²) in [5.41, 5.74) is 5.91. The van der Waals surface area contributed by atoms with E-state index in [1.165, 1.54) is 31.3 Å². The first-order chi connectivity index (χ1) is 20.1. The van der Waals surface area contributed by atoms with Crippen LogP contribution >= 0.6 is 20.1 Å². The number of oxazole rings is 1. The molecule has 0 aliphatic heterocycles. The summed E-state index contributed by atoms with van der Waals surface area (Å²) in [6.45, 7) is 6.06. The maximum Gasteiger partial charge on any atom is 0.420 e. The minimum Gasteiger partial charge on any atom is -0.455 e. The highest BCUT2D eigenvalue weighted by atomic mass is 127. The van der Waals surface area contributed by atoms with Crippen LogP contribution in [0.4, 0.5) is 14.5 Å². The Morgan fingerprint density at radius 1 is 0.881 bits per heavy atom. The van der Waals surface area contributed by atoms with Crippen molar-refractivity contribution in [1.82, 2.24) is 10.3 Å². The van der Waals surface area contributed by atoms with Crippen molar-refractivity contribution in [2.45, 2.75) is 6.92 Å². The second-order valence-electron chi connectivity index (χ2n) is 9.80. The number of aryl methyl sites for hydroxylation is 1. The Morgan fingerprint density at radius 2 is 1.62 bits per heavy atom. The molecule has 0 unspecified atom stereocenters. The van der Waals surface area contributed by atoms with Gasteiger partial charge in [0.25, 0.3) is 0 Å². The van der Waals surface area contributed by atoms with Crippen LogP contribution in [0.25, 0.3) is 61.7 Å². The molecular weight excluding hydrogens is 655 g/mol. The summed E-state index contributed by atoms with van der Waals surface area (Å²) in [5, 5.41) is 3.65. The van der Waals surface area contributed by atoms with E-state index in [1.54, 1.807) is 37.4 Å². The van der Waals surface area contributed by atoms with Crippen LogP contribution in [-0.4, -0.2) is 19.1 Å². The average molecular weight is 679 g/mol. The minimum atomic E-state index is -4.02. The van der Waals surface area contributed by atoms with E-state index in [0.29, 0.717) is 67.0 Å². The van der Waals surface area contributed by atoms with E-state index in [0.717, 1.165) is 8.68 Å². The zero-order valence-corrected chi connectivity index (χ0v) is 25.0. The molecule has 0 amide bonds. The standard InChI is InChI=1S/C32H24F2IN3O4/c1-17-5-10-26-29(11-17)42-32(37-26)21-12-20(13-23(34)14-21)24-15-25-28(16-27(24)38(4)35(39)40)41-31(30(25)18(2)36-3)19-6-8-22(33)9-7-19/h5-16,36H,2H2,1,3-4H3. The molecule has 4 aromatic carbocycles. The highest BCUT2D eigenvalue weighted by Gasteiger charge is 2.24. The Morgan fingerprint density at radius 3 is 2.33 bits per heavy atom. The fourth-order valence-electron chi connectivity index (χ4n) is 4.95. The minimum absolute atomic E-state index is 0.236. The number of anilines is 1. The van der Waals surface area contributed by atoms with Crippen LogP contribution in [0.5, 0.6) is 0 Å². The number of fused-ring (bicyclic) bond motifs is 2. The normalized spacial score (nSPS) is 11.5. The molecule has 0 spiro atoms. The Hall–Kier alpha value is -4.58. The molecule has 2 aromatic heterocycles. The van der Waals surface area contributed by atoms with Gasteiger partial charge in [-0.1, -0.05) is 12.6 Å². The molecule has 6 aromatic rings. The Bertz CT molecular complexity index is 2090. The highest BCUT2D eigenvalue weighted by molar-refractivity contribution is 14.2. The first-order valence-electron chi connectivity index (χ1n) is 12.8. The van der Waals surface area contributed by atoms with Crippen LogP contribution in [0, 0.1) is 18.6 Å². The lowest BCUT2D eigenvalue weighted by atomic mass is 9.96. The van der Waals surface area contributed by atoms with Gasteiger partial charge in [-0.25, -0.2) is 19.9 Å². The predicted octanol–water partition coefficient (Wildman–Crippen LogP) is 8.90. The first-order valence-corrected chi connectivity index (χ1v) is 15.6. The van der Waals surface area contributed by atoms with Crippen LogP contribution in [0.3, 0.4) is 0 Å². The molecule has 0 atom stereocenters. The Labute approximate surface area is 247 Å². The number of nitrogens with one attached hydrogen (secondary N) is 1. The SMILES string of the molecule is C=C(NC)c1c(-c2ccc(F)cc2)oc2cc(N(C)I(=O)=O)c(-c3cc(F)cc(-c4nc5ccc(C)cc5o4)c3)cc12. The van der Waals surface area contributed by atoms with E-state index in [4.69, 9.17) is 8.83 Å². The number of rotatable bonds is 7. The van der Waals surface area contributed by atoms with Gasteiger partial charge in [0.05, 0.1) is 11.3 Å². The van der Waals surface area contributed by atoms with E-state index in [9.17, 15) is 10.5 Å². The van der Waals surface area contributed by atoms with Gasteiger partial charge in [-0.15, -0.1) is 0 Å². The van der Waals surface area contributed by atoms with Gasteiger partial charge < -0.3 is 14.2 Å². The van der Waals surface area contributed by atoms with Gasteiger partial charge in [-0.2, -0.15) is 0 Å². The summed E-state index contributed by atoms with van der Waals surface area (Å²) in [6.07, 6.45) is 0. The molecule has 212 valence electrons. The van der Waals surface area contributed by atoms with Gasteiger partial charge in [0, 0.05) is 47.9 Å². The van der Waals surface area contributed by atoms with Crippen molar-refractivity contribution in [2.24, 2.45) is 0 Å². The number of halogens is 3. The van der Waals surface area contributed by atoms with Gasteiger partial charge >= 0.3 is 20.1 Å². The second-order valence-corrected chi connectivity index (χ2v) is 12.4. The van der Waals surface area contributed by atoms with Crippen LogP contribution < -0.4 is 8.43 Å². The number of aromatic nitrogens is 1. The van der Waals surface area contributed by atoms with Crippen molar-refractivity contribution >= 4 is 53.5 Å².